The quantitative estimate of drug-likeness (QED) is 0.324. The minimum atomic E-state index is -2.64. The first-order valence-corrected chi connectivity index (χ1v) is 14.1. The van der Waals surface area contributed by atoms with Gasteiger partial charge in [-0.3, -0.25) is 14.3 Å². The Bertz CT molecular complexity index is 1400. The average molecular weight is 514 g/mol. The summed E-state index contributed by atoms with van der Waals surface area (Å²) >= 11 is 0. The molecule has 0 aliphatic heterocycles. The molecule has 36 heavy (non-hydrogen) atoms. The Morgan fingerprint density at radius 1 is 1.17 bits per heavy atom. The highest BCUT2D eigenvalue weighted by molar-refractivity contribution is 7.69. The van der Waals surface area contributed by atoms with Crippen molar-refractivity contribution in [1.82, 2.24) is 20.0 Å². The van der Waals surface area contributed by atoms with E-state index < -0.39 is 13.0 Å². The van der Waals surface area contributed by atoms with Gasteiger partial charge in [0, 0.05) is 37.1 Å². The van der Waals surface area contributed by atoms with Gasteiger partial charge in [-0.2, -0.15) is 5.10 Å². The molecule has 1 aliphatic rings. The van der Waals surface area contributed by atoms with E-state index in [0.717, 1.165) is 12.8 Å². The number of ketones is 1. The van der Waals surface area contributed by atoms with Crippen molar-refractivity contribution in [2.45, 2.75) is 26.2 Å². The lowest BCUT2D eigenvalue weighted by Crippen LogP contribution is -2.16. The van der Waals surface area contributed by atoms with Crippen molar-refractivity contribution in [2.24, 2.45) is 13.0 Å². The number of hydrogen-bond acceptors (Lipinski definition) is 8. The van der Waals surface area contributed by atoms with Crippen molar-refractivity contribution in [3.8, 4) is 17.0 Å². The lowest BCUT2D eigenvalue weighted by molar-refractivity contribution is -0.117. The number of nitrogens with zero attached hydrogens (tertiary/aromatic N) is 4. The molecule has 1 aromatic carbocycles. The molecule has 4 rings (SSSR count). The SMILES string of the molecule is CCC(=O)c1nnc(NC(=O)C2CC2)cc1Nc1cc(F)cc(-c2cc(P(C)(C)=O)n(C)n2)c1OC. The highest BCUT2D eigenvalue weighted by Crippen LogP contribution is 2.41. The Morgan fingerprint density at radius 3 is 2.47 bits per heavy atom. The average Bonchev–Trinajstić information content (AvgIpc) is 3.59. The van der Waals surface area contributed by atoms with Gasteiger partial charge in [0.2, 0.25) is 5.91 Å². The monoisotopic (exact) mass is 514 g/mol. The first-order chi connectivity index (χ1) is 17.0. The number of amides is 1. The standard InChI is InChI=1S/C24H28FN6O4P/c1-6-19(32)22-17(11-20(28-29-22)27-24(33)13-7-8-13)26-18-10-14(25)9-15(23(18)35-3)16-12-21(31(2)30-16)36(4,5)34/h9-13H,6-8H2,1-5H3,(H2,26,27,28,33). The van der Waals surface area contributed by atoms with Crippen molar-refractivity contribution in [3.63, 3.8) is 0 Å². The van der Waals surface area contributed by atoms with E-state index in [1.165, 1.54) is 30.0 Å². The predicted molar refractivity (Wildman–Crippen MR) is 136 cm³/mol. The molecule has 0 radical (unpaired) electrons. The fourth-order valence-corrected chi connectivity index (χ4v) is 5.00. The second-order valence-electron chi connectivity index (χ2n) is 9.05. The van der Waals surface area contributed by atoms with Gasteiger partial charge in [0.1, 0.15) is 13.0 Å². The number of rotatable bonds is 9. The van der Waals surface area contributed by atoms with Crippen LogP contribution in [0.25, 0.3) is 11.3 Å². The lowest BCUT2D eigenvalue weighted by Gasteiger charge is -2.16. The van der Waals surface area contributed by atoms with Crippen LogP contribution < -0.4 is 20.8 Å². The Hall–Kier alpha value is -3.59. The number of benzene rings is 1. The molecular weight excluding hydrogens is 486 g/mol. The third kappa shape index (κ3) is 5.31. The van der Waals surface area contributed by atoms with Crippen molar-refractivity contribution in [1.29, 1.82) is 0 Å². The van der Waals surface area contributed by atoms with Gasteiger partial charge in [-0.05, 0) is 38.3 Å². The molecule has 3 aromatic rings. The highest BCUT2D eigenvalue weighted by atomic mass is 31.2. The number of hydrogen-bond donors (Lipinski definition) is 2. The summed E-state index contributed by atoms with van der Waals surface area (Å²) in [5.41, 5.74) is 1.75. The Kier molecular flexibility index (Phi) is 6.95. The highest BCUT2D eigenvalue weighted by Gasteiger charge is 2.30. The van der Waals surface area contributed by atoms with Crippen LogP contribution in [0.3, 0.4) is 0 Å². The molecule has 0 spiro atoms. The zero-order chi connectivity index (χ0) is 26.2. The van der Waals surface area contributed by atoms with Gasteiger partial charge >= 0.3 is 0 Å². The molecule has 10 nitrogen and oxygen atoms in total. The maximum absolute atomic E-state index is 14.8. The van der Waals surface area contributed by atoms with Crippen molar-refractivity contribution < 1.29 is 23.3 Å². The van der Waals surface area contributed by atoms with Crippen LogP contribution in [-0.4, -0.2) is 52.1 Å². The largest absolute Gasteiger partial charge is 0.494 e. The van der Waals surface area contributed by atoms with E-state index in [1.54, 1.807) is 33.4 Å². The van der Waals surface area contributed by atoms with Crippen LogP contribution in [0.4, 0.5) is 21.6 Å². The van der Waals surface area contributed by atoms with E-state index in [0.29, 0.717) is 16.7 Å². The number of aryl methyl sites for hydroxylation is 1. The van der Waals surface area contributed by atoms with E-state index in [1.807, 2.05) is 0 Å². The second-order valence-corrected chi connectivity index (χ2v) is 12.2. The van der Waals surface area contributed by atoms with E-state index in [2.05, 4.69) is 25.9 Å². The molecule has 2 heterocycles. The summed E-state index contributed by atoms with van der Waals surface area (Å²) in [5, 5.41) is 18.2. The molecule has 1 saturated carbocycles. The van der Waals surface area contributed by atoms with Crippen LogP contribution in [0, 0.1) is 11.7 Å². The third-order valence-electron chi connectivity index (χ3n) is 5.79. The molecule has 0 atom stereocenters. The number of Topliss-reactive ketones (excluding diaryl/α,β-unsaturated/α-hetero) is 1. The van der Waals surface area contributed by atoms with Crippen LogP contribution in [0.15, 0.2) is 24.3 Å². The number of carbonyl (C=O) groups is 2. The minimum absolute atomic E-state index is 0.0455. The summed E-state index contributed by atoms with van der Waals surface area (Å²) < 4.78 is 34.6. The molecule has 2 aromatic heterocycles. The Morgan fingerprint density at radius 2 is 1.89 bits per heavy atom. The van der Waals surface area contributed by atoms with E-state index in [-0.39, 0.29) is 52.7 Å². The summed E-state index contributed by atoms with van der Waals surface area (Å²) in [6.07, 6.45) is 1.81. The first-order valence-electron chi connectivity index (χ1n) is 11.5. The molecule has 1 fully saturated rings. The minimum Gasteiger partial charge on any atom is -0.494 e. The number of anilines is 3. The van der Waals surface area contributed by atoms with Gasteiger partial charge < -0.3 is 19.9 Å². The predicted octanol–water partition coefficient (Wildman–Crippen LogP) is 3.96. The van der Waals surface area contributed by atoms with Gasteiger partial charge in [0.15, 0.2) is 23.0 Å². The number of ether oxygens (including phenoxy) is 1. The summed E-state index contributed by atoms with van der Waals surface area (Å²) in [6, 6.07) is 5.63. The lowest BCUT2D eigenvalue weighted by atomic mass is 10.1. The molecule has 1 aliphatic carbocycles. The van der Waals surface area contributed by atoms with E-state index in [4.69, 9.17) is 4.74 Å². The zero-order valence-electron chi connectivity index (χ0n) is 20.8. The fraction of sp³-hybridized carbons (Fsp3) is 0.375. The van der Waals surface area contributed by atoms with Gasteiger partial charge in [-0.25, -0.2) is 4.39 Å². The topological polar surface area (TPSA) is 128 Å². The molecule has 12 heteroatoms. The molecule has 0 unspecified atom stereocenters. The summed E-state index contributed by atoms with van der Waals surface area (Å²) in [4.78, 5) is 24.7. The van der Waals surface area contributed by atoms with Crippen molar-refractivity contribution in [2.75, 3.05) is 31.1 Å². The molecule has 0 saturated heterocycles. The van der Waals surface area contributed by atoms with Gasteiger partial charge in [0.05, 0.1) is 29.6 Å². The second kappa shape index (κ2) is 9.81. The molecular formula is C24H28FN6O4P. The van der Waals surface area contributed by atoms with Crippen LogP contribution in [0.2, 0.25) is 0 Å². The Labute approximate surface area is 208 Å². The third-order valence-corrected chi connectivity index (χ3v) is 7.31. The molecule has 1 amide bonds. The number of aromatic nitrogens is 4. The van der Waals surface area contributed by atoms with Gasteiger partial charge in [0.25, 0.3) is 0 Å². The van der Waals surface area contributed by atoms with Crippen molar-refractivity contribution >= 4 is 41.5 Å². The molecule has 190 valence electrons. The Balaban J connectivity index is 1.78. The summed E-state index contributed by atoms with van der Waals surface area (Å²) in [6.45, 7) is 4.95. The normalized spacial score (nSPS) is 13.4. The number of nitrogens with one attached hydrogen (secondary N) is 2. The number of halogens is 1. The zero-order valence-corrected chi connectivity index (χ0v) is 21.6. The van der Waals surface area contributed by atoms with Gasteiger partial charge in [-0.1, -0.05) is 6.92 Å². The molecule has 0 bridgehead atoms. The maximum Gasteiger partial charge on any atom is 0.228 e. The maximum atomic E-state index is 14.8. The molecule has 2 N–H and O–H groups in total. The fourth-order valence-electron chi connectivity index (χ4n) is 3.83. The summed E-state index contributed by atoms with van der Waals surface area (Å²) in [7, 11) is 0.468. The van der Waals surface area contributed by atoms with Crippen LogP contribution in [0.5, 0.6) is 5.75 Å². The summed E-state index contributed by atoms with van der Waals surface area (Å²) in [5.74, 6) is -0.630. The first kappa shape index (κ1) is 25.5. The number of methoxy groups -OCH3 is 1. The van der Waals surface area contributed by atoms with Crippen LogP contribution in [-0.2, 0) is 16.4 Å². The van der Waals surface area contributed by atoms with Crippen LogP contribution in [0.1, 0.15) is 36.7 Å². The number of carbonyl (C=O) groups excluding carboxylic acids is 2. The van der Waals surface area contributed by atoms with Crippen LogP contribution >= 0.6 is 7.14 Å². The van der Waals surface area contributed by atoms with E-state index in [9.17, 15) is 18.5 Å². The smallest absolute Gasteiger partial charge is 0.228 e. The van der Waals surface area contributed by atoms with E-state index >= 15 is 0 Å². The van der Waals surface area contributed by atoms with Gasteiger partial charge in [-0.15, -0.1) is 10.2 Å². The van der Waals surface area contributed by atoms with Crippen molar-refractivity contribution in [3.05, 3.63) is 35.8 Å².